The van der Waals surface area contributed by atoms with Gasteiger partial charge in [0.25, 0.3) is 0 Å². The zero-order valence-corrected chi connectivity index (χ0v) is 12.6. The van der Waals surface area contributed by atoms with Gasteiger partial charge in [-0.05, 0) is 24.8 Å². The highest BCUT2D eigenvalue weighted by Crippen LogP contribution is 2.23. The van der Waals surface area contributed by atoms with Crippen LogP contribution in [0.4, 0.5) is 0 Å². The second kappa shape index (κ2) is 6.64. The van der Waals surface area contributed by atoms with Gasteiger partial charge in [0, 0.05) is 30.6 Å². The maximum atomic E-state index is 12.7. The number of rotatable bonds is 3. The molecule has 0 aliphatic carbocycles. The molecule has 20 heavy (non-hydrogen) atoms. The molecule has 1 aromatic carbocycles. The predicted molar refractivity (Wildman–Crippen MR) is 84.0 cm³/mol. The van der Waals surface area contributed by atoms with Gasteiger partial charge < -0.3 is 10.2 Å². The van der Waals surface area contributed by atoms with Crippen LogP contribution in [0.25, 0.3) is 0 Å². The molecule has 3 nitrogen and oxygen atoms in total. The fraction of sp³-hybridized carbons (Fsp3) is 0.562. The summed E-state index contributed by atoms with van der Waals surface area (Å²) in [6.07, 6.45) is 3.27. The summed E-state index contributed by atoms with van der Waals surface area (Å²) in [5, 5.41) is 3.37. The van der Waals surface area contributed by atoms with Crippen LogP contribution < -0.4 is 5.32 Å². The van der Waals surface area contributed by atoms with Crippen LogP contribution in [0.1, 0.15) is 18.4 Å². The van der Waals surface area contributed by atoms with Crippen LogP contribution in [0.15, 0.2) is 30.3 Å². The largest absolute Gasteiger partial charge is 0.338 e. The van der Waals surface area contributed by atoms with Crippen molar-refractivity contribution in [3.05, 3.63) is 35.9 Å². The third-order valence-corrected chi connectivity index (χ3v) is 5.26. The van der Waals surface area contributed by atoms with E-state index in [1.165, 1.54) is 5.56 Å². The molecular formula is C16H22N2OS. The lowest BCUT2D eigenvalue weighted by molar-refractivity contribution is -0.133. The molecule has 2 aliphatic heterocycles. The van der Waals surface area contributed by atoms with Crippen molar-refractivity contribution < 1.29 is 4.79 Å². The summed E-state index contributed by atoms with van der Waals surface area (Å²) in [4.78, 5) is 14.8. The summed E-state index contributed by atoms with van der Waals surface area (Å²) in [5.74, 6) is 2.36. The van der Waals surface area contributed by atoms with E-state index >= 15 is 0 Å². The Morgan fingerprint density at radius 3 is 2.95 bits per heavy atom. The molecule has 0 spiro atoms. The van der Waals surface area contributed by atoms with Crippen molar-refractivity contribution in [2.75, 3.05) is 24.6 Å². The van der Waals surface area contributed by atoms with Gasteiger partial charge in [-0.15, -0.1) is 0 Å². The van der Waals surface area contributed by atoms with Gasteiger partial charge in [0.1, 0.15) is 0 Å². The zero-order valence-electron chi connectivity index (χ0n) is 11.8. The summed E-state index contributed by atoms with van der Waals surface area (Å²) >= 11 is 1.89. The quantitative estimate of drug-likeness (QED) is 0.923. The highest BCUT2D eigenvalue weighted by atomic mass is 32.2. The smallest absolute Gasteiger partial charge is 0.240 e. The molecule has 2 unspecified atom stereocenters. The number of hydrogen-bond acceptors (Lipinski definition) is 3. The van der Waals surface area contributed by atoms with Gasteiger partial charge in [-0.1, -0.05) is 30.3 Å². The Labute approximate surface area is 125 Å². The van der Waals surface area contributed by atoms with E-state index in [1.807, 2.05) is 17.8 Å². The molecule has 2 saturated heterocycles. The lowest BCUT2D eigenvalue weighted by atomic mass is 10.0. The SMILES string of the molecule is O=C(C1CSCCN1)N1CCCC1Cc1ccccc1. The van der Waals surface area contributed by atoms with Crippen LogP contribution in [-0.2, 0) is 11.2 Å². The van der Waals surface area contributed by atoms with Crippen molar-refractivity contribution in [2.45, 2.75) is 31.3 Å². The molecule has 2 aliphatic rings. The van der Waals surface area contributed by atoms with Gasteiger partial charge in [0.2, 0.25) is 5.91 Å². The maximum Gasteiger partial charge on any atom is 0.240 e. The van der Waals surface area contributed by atoms with E-state index in [9.17, 15) is 4.79 Å². The van der Waals surface area contributed by atoms with Gasteiger partial charge in [-0.2, -0.15) is 11.8 Å². The number of thioether (sulfide) groups is 1. The van der Waals surface area contributed by atoms with E-state index in [1.54, 1.807) is 0 Å². The molecule has 1 amide bonds. The van der Waals surface area contributed by atoms with Gasteiger partial charge in [0.05, 0.1) is 6.04 Å². The standard InChI is InChI=1S/C16H22N2OS/c19-16(15-12-20-10-8-17-15)18-9-4-7-14(18)11-13-5-2-1-3-6-13/h1-3,5-6,14-15,17H,4,7-12H2. The Balaban J connectivity index is 1.64. The van der Waals surface area contributed by atoms with Crippen molar-refractivity contribution in [3.63, 3.8) is 0 Å². The number of nitrogens with zero attached hydrogens (tertiary/aromatic N) is 1. The highest BCUT2D eigenvalue weighted by Gasteiger charge is 2.33. The molecule has 2 atom stereocenters. The van der Waals surface area contributed by atoms with Gasteiger partial charge in [-0.3, -0.25) is 4.79 Å². The summed E-state index contributed by atoms with van der Waals surface area (Å²) in [7, 11) is 0. The number of carbonyl (C=O) groups excluding carboxylic acids is 1. The van der Waals surface area contributed by atoms with Crippen LogP contribution in [0.5, 0.6) is 0 Å². The summed E-state index contributed by atoms with van der Waals surface area (Å²) in [6, 6.07) is 10.9. The van der Waals surface area contributed by atoms with Crippen molar-refractivity contribution in [2.24, 2.45) is 0 Å². The lowest BCUT2D eigenvalue weighted by Crippen LogP contribution is -2.52. The first-order valence-electron chi connectivity index (χ1n) is 7.50. The van der Waals surface area contributed by atoms with E-state index in [0.29, 0.717) is 11.9 Å². The minimum absolute atomic E-state index is 0.0325. The molecule has 1 N–H and O–H groups in total. The Morgan fingerprint density at radius 1 is 1.35 bits per heavy atom. The molecule has 2 heterocycles. The van der Waals surface area contributed by atoms with Crippen molar-refractivity contribution in [1.82, 2.24) is 10.2 Å². The highest BCUT2D eigenvalue weighted by molar-refractivity contribution is 7.99. The number of amides is 1. The number of likely N-dealkylation sites (tertiary alicyclic amines) is 1. The number of nitrogens with one attached hydrogen (secondary N) is 1. The molecule has 0 radical (unpaired) electrons. The molecule has 3 rings (SSSR count). The topological polar surface area (TPSA) is 32.3 Å². The second-order valence-electron chi connectivity index (χ2n) is 5.60. The number of benzene rings is 1. The third kappa shape index (κ3) is 3.18. The molecule has 2 fully saturated rings. The predicted octanol–water partition coefficient (Wildman–Crippen LogP) is 1.93. The van der Waals surface area contributed by atoms with Crippen LogP contribution in [0.3, 0.4) is 0 Å². The van der Waals surface area contributed by atoms with E-state index < -0.39 is 0 Å². The molecule has 0 bridgehead atoms. The first-order chi connectivity index (χ1) is 9.84. The first kappa shape index (κ1) is 14.0. The molecule has 0 aromatic heterocycles. The fourth-order valence-electron chi connectivity index (χ4n) is 3.15. The van der Waals surface area contributed by atoms with Crippen molar-refractivity contribution in [1.29, 1.82) is 0 Å². The van der Waals surface area contributed by atoms with Crippen molar-refractivity contribution >= 4 is 17.7 Å². The molecular weight excluding hydrogens is 268 g/mol. The van der Waals surface area contributed by atoms with Gasteiger partial charge >= 0.3 is 0 Å². The first-order valence-corrected chi connectivity index (χ1v) is 8.65. The van der Waals surface area contributed by atoms with E-state index in [-0.39, 0.29) is 6.04 Å². The molecule has 0 saturated carbocycles. The average molecular weight is 290 g/mol. The molecule has 1 aromatic rings. The molecule has 108 valence electrons. The third-order valence-electron chi connectivity index (χ3n) is 4.19. The van der Waals surface area contributed by atoms with Crippen LogP contribution in [0.2, 0.25) is 0 Å². The normalized spacial score (nSPS) is 26.7. The van der Waals surface area contributed by atoms with Crippen LogP contribution in [-0.4, -0.2) is 47.5 Å². The zero-order chi connectivity index (χ0) is 13.8. The Morgan fingerprint density at radius 2 is 2.20 bits per heavy atom. The van der Waals surface area contributed by atoms with Gasteiger partial charge in [0.15, 0.2) is 0 Å². The lowest BCUT2D eigenvalue weighted by Gasteiger charge is -2.31. The van der Waals surface area contributed by atoms with Crippen molar-refractivity contribution in [3.8, 4) is 0 Å². The average Bonchev–Trinajstić information content (AvgIpc) is 2.96. The van der Waals surface area contributed by atoms with E-state index in [2.05, 4.69) is 34.5 Å². The van der Waals surface area contributed by atoms with Crippen LogP contribution in [0, 0.1) is 0 Å². The monoisotopic (exact) mass is 290 g/mol. The summed E-state index contributed by atoms with van der Waals surface area (Å²) in [5.41, 5.74) is 1.34. The van der Waals surface area contributed by atoms with Gasteiger partial charge in [-0.25, -0.2) is 0 Å². The minimum atomic E-state index is 0.0325. The second-order valence-corrected chi connectivity index (χ2v) is 6.75. The van der Waals surface area contributed by atoms with Crippen LogP contribution >= 0.6 is 11.8 Å². The van der Waals surface area contributed by atoms with E-state index in [4.69, 9.17) is 0 Å². The number of carbonyl (C=O) groups is 1. The summed E-state index contributed by atoms with van der Waals surface area (Å²) < 4.78 is 0. The number of hydrogen-bond donors (Lipinski definition) is 1. The minimum Gasteiger partial charge on any atom is -0.338 e. The Bertz CT molecular complexity index is 445. The fourth-order valence-corrected chi connectivity index (χ4v) is 4.07. The Hall–Kier alpha value is -1.00. The Kier molecular flexibility index (Phi) is 4.63. The molecule has 4 heteroatoms. The maximum absolute atomic E-state index is 12.7. The summed E-state index contributed by atoms with van der Waals surface area (Å²) in [6.45, 7) is 1.89. The van der Waals surface area contributed by atoms with E-state index in [0.717, 1.165) is 43.9 Å².